The second-order valence-electron chi connectivity index (χ2n) is 2.04. The van der Waals surface area contributed by atoms with Crippen LogP contribution in [-0.2, 0) is 0 Å². The molecule has 0 saturated heterocycles. The van der Waals surface area contributed by atoms with Gasteiger partial charge in [-0.05, 0) is 31.9 Å². The quantitative estimate of drug-likeness (QED) is 0.296. The van der Waals surface area contributed by atoms with Crippen LogP contribution in [0.3, 0.4) is 0 Å². The first-order valence-corrected chi connectivity index (χ1v) is 4.08. The minimum absolute atomic E-state index is 0.251. The fourth-order valence-corrected chi connectivity index (χ4v) is 0.557. The molecule has 0 unspecified atom stereocenters. The van der Waals surface area contributed by atoms with Gasteiger partial charge in [0.25, 0.3) is 0 Å². The average molecular weight is 190 g/mol. The van der Waals surface area contributed by atoms with Crippen LogP contribution in [0.15, 0.2) is 23.7 Å². The summed E-state index contributed by atoms with van der Waals surface area (Å²) in [5.41, 5.74) is 16.3. The summed E-state index contributed by atoms with van der Waals surface area (Å²) in [5.74, 6) is 0.801. The summed E-state index contributed by atoms with van der Waals surface area (Å²) in [5, 5.41) is 2.75. The molecule has 0 aliphatic heterocycles. The van der Waals surface area contributed by atoms with Gasteiger partial charge in [0.15, 0.2) is 0 Å². The van der Waals surface area contributed by atoms with Crippen LogP contribution in [0.25, 0.3) is 0 Å². The Labute approximate surface area is 79.3 Å². The zero-order valence-electron chi connectivity index (χ0n) is 7.54. The molecule has 0 saturated carbocycles. The van der Waals surface area contributed by atoms with Crippen molar-refractivity contribution in [2.45, 2.75) is 0 Å². The monoisotopic (exact) mass is 190 g/mol. The lowest BCUT2D eigenvalue weighted by atomic mass is 10.3. The third-order valence-electron chi connectivity index (χ3n) is 0.749. The standard InChI is InChI=1S/C5H11N3S.C2H7N/c6-2-4(3-9)1-5(7)8;1-3-2/h1-2,9H,3,6-8H2;3H,1-2H3/b4-2+;. The first-order chi connectivity index (χ1) is 5.62. The van der Waals surface area contributed by atoms with Gasteiger partial charge >= 0.3 is 0 Å². The third kappa shape index (κ3) is 11.9. The minimum atomic E-state index is 0.251. The molecule has 0 amide bonds. The smallest absolute Gasteiger partial charge is 0.0937 e. The highest BCUT2D eigenvalue weighted by Crippen LogP contribution is 1.96. The van der Waals surface area contributed by atoms with Crippen molar-refractivity contribution in [3.63, 3.8) is 0 Å². The first kappa shape index (κ1) is 13.8. The molecule has 0 aromatic carbocycles. The highest BCUT2D eigenvalue weighted by atomic mass is 32.1. The van der Waals surface area contributed by atoms with Crippen LogP contribution in [0.2, 0.25) is 0 Å². The normalized spacial score (nSPS) is 9.75. The van der Waals surface area contributed by atoms with Gasteiger partial charge in [-0.25, -0.2) is 0 Å². The molecule has 72 valence electrons. The molecule has 0 heterocycles. The van der Waals surface area contributed by atoms with E-state index < -0.39 is 0 Å². The summed E-state index contributed by atoms with van der Waals surface area (Å²) in [6.07, 6.45) is 3.00. The van der Waals surface area contributed by atoms with E-state index in [-0.39, 0.29) is 5.82 Å². The summed E-state index contributed by atoms with van der Waals surface area (Å²) in [6.45, 7) is 0. The second-order valence-corrected chi connectivity index (χ2v) is 2.36. The van der Waals surface area contributed by atoms with Crippen molar-refractivity contribution in [1.29, 1.82) is 0 Å². The van der Waals surface area contributed by atoms with Crippen LogP contribution in [0.5, 0.6) is 0 Å². The molecule has 5 heteroatoms. The topological polar surface area (TPSA) is 90.1 Å². The van der Waals surface area contributed by atoms with Gasteiger partial charge in [-0.1, -0.05) is 0 Å². The second kappa shape index (κ2) is 10.2. The Kier molecular flexibility index (Phi) is 11.7. The summed E-state index contributed by atoms with van der Waals surface area (Å²) < 4.78 is 0. The fourth-order valence-electron chi connectivity index (χ4n) is 0.361. The highest BCUT2D eigenvalue weighted by molar-refractivity contribution is 7.80. The van der Waals surface area contributed by atoms with Crippen molar-refractivity contribution >= 4 is 12.6 Å². The number of nitrogens with one attached hydrogen (secondary N) is 1. The molecule has 0 fully saturated rings. The molecule has 0 bridgehead atoms. The molecule has 0 aliphatic carbocycles. The molecule has 4 nitrogen and oxygen atoms in total. The van der Waals surface area contributed by atoms with Crippen molar-refractivity contribution in [2.24, 2.45) is 17.2 Å². The van der Waals surface area contributed by atoms with Crippen molar-refractivity contribution in [3.8, 4) is 0 Å². The molecule has 0 aromatic heterocycles. The Morgan fingerprint density at radius 3 is 1.92 bits per heavy atom. The van der Waals surface area contributed by atoms with Crippen LogP contribution in [0.1, 0.15) is 0 Å². The van der Waals surface area contributed by atoms with E-state index in [9.17, 15) is 0 Å². The fraction of sp³-hybridized carbons (Fsp3) is 0.429. The minimum Gasteiger partial charge on any atom is -0.404 e. The molecule has 0 spiro atoms. The first-order valence-electron chi connectivity index (χ1n) is 3.45. The SMILES string of the molecule is CNC.N/C=C(\C=C(N)N)CS. The van der Waals surface area contributed by atoms with Gasteiger partial charge in [-0.3, -0.25) is 0 Å². The maximum absolute atomic E-state index is 5.16. The van der Waals surface area contributed by atoms with E-state index in [0.717, 1.165) is 5.57 Å². The van der Waals surface area contributed by atoms with Gasteiger partial charge in [0.1, 0.15) is 0 Å². The number of nitrogens with two attached hydrogens (primary N) is 3. The van der Waals surface area contributed by atoms with Crippen LogP contribution < -0.4 is 22.5 Å². The number of rotatable bonds is 2. The van der Waals surface area contributed by atoms with Crippen molar-refractivity contribution < 1.29 is 0 Å². The Hall–Kier alpha value is -0.810. The van der Waals surface area contributed by atoms with Gasteiger partial charge in [0.05, 0.1) is 5.82 Å². The Bertz CT molecular complexity index is 149. The molecule has 0 atom stereocenters. The van der Waals surface area contributed by atoms with Crippen molar-refractivity contribution in [3.05, 3.63) is 23.7 Å². The molecule has 12 heavy (non-hydrogen) atoms. The molecule has 0 aromatic rings. The number of hydrogen-bond donors (Lipinski definition) is 5. The Balaban J connectivity index is 0. The van der Waals surface area contributed by atoms with Gasteiger partial charge < -0.3 is 22.5 Å². The summed E-state index contributed by atoms with van der Waals surface area (Å²) in [4.78, 5) is 0. The lowest BCUT2D eigenvalue weighted by Crippen LogP contribution is -2.08. The van der Waals surface area contributed by atoms with Gasteiger partial charge in [0.2, 0.25) is 0 Å². The van der Waals surface area contributed by atoms with E-state index in [0.29, 0.717) is 5.75 Å². The lowest BCUT2D eigenvalue weighted by molar-refractivity contribution is 1.02. The predicted octanol–water partition coefficient (Wildman–Crippen LogP) is -0.647. The van der Waals surface area contributed by atoms with Gasteiger partial charge in [0, 0.05) is 5.75 Å². The number of allylic oxidation sites excluding steroid dienone is 1. The average Bonchev–Trinajstić information content (AvgIpc) is 2.01. The zero-order chi connectivity index (χ0) is 9.98. The molecule has 0 radical (unpaired) electrons. The molecular formula is C7H18N4S. The van der Waals surface area contributed by atoms with E-state index in [1.807, 2.05) is 14.1 Å². The van der Waals surface area contributed by atoms with Crippen LogP contribution in [0, 0.1) is 0 Å². The van der Waals surface area contributed by atoms with Crippen molar-refractivity contribution in [2.75, 3.05) is 19.8 Å². The maximum atomic E-state index is 5.16. The predicted molar refractivity (Wildman–Crippen MR) is 57.6 cm³/mol. The van der Waals surface area contributed by atoms with Crippen LogP contribution in [-0.4, -0.2) is 19.8 Å². The molecule has 7 N–H and O–H groups in total. The summed E-state index contributed by atoms with van der Waals surface area (Å²) >= 11 is 3.97. The van der Waals surface area contributed by atoms with Gasteiger partial charge in [-0.15, -0.1) is 0 Å². The third-order valence-corrected chi connectivity index (χ3v) is 1.11. The Morgan fingerprint density at radius 2 is 1.83 bits per heavy atom. The van der Waals surface area contributed by atoms with Crippen LogP contribution >= 0.6 is 12.6 Å². The largest absolute Gasteiger partial charge is 0.404 e. The number of thiol groups is 1. The highest BCUT2D eigenvalue weighted by Gasteiger charge is 1.86. The molecule has 0 rings (SSSR count). The molecular weight excluding hydrogens is 172 g/mol. The zero-order valence-corrected chi connectivity index (χ0v) is 8.44. The van der Waals surface area contributed by atoms with Gasteiger partial charge in [-0.2, -0.15) is 12.6 Å². The number of hydrogen-bond acceptors (Lipinski definition) is 5. The van der Waals surface area contributed by atoms with E-state index in [1.165, 1.54) is 6.20 Å². The van der Waals surface area contributed by atoms with Crippen LogP contribution in [0.4, 0.5) is 0 Å². The van der Waals surface area contributed by atoms with E-state index in [4.69, 9.17) is 17.2 Å². The van der Waals surface area contributed by atoms with E-state index in [1.54, 1.807) is 6.08 Å². The molecule has 0 aliphatic rings. The van der Waals surface area contributed by atoms with E-state index in [2.05, 4.69) is 17.9 Å². The lowest BCUT2D eigenvalue weighted by Gasteiger charge is -1.93. The Morgan fingerprint density at radius 1 is 1.42 bits per heavy atom. The maximum Gasteiger partial charge on any atom is 0.0937 e. The van der Waals surface area contributed by atoms with E-state index >= 15 is 0 Å². The summed E-state index contributed by atoms with van der Waals surface area (Å²) in [7, 11) is 3.75. The van der Waals surface area contributed by atoms with Crippen molar-refractivity contribution in [1.82, 2.24) is 5.32 Å². The summed E-state index contributed by atoms with van der Waals surface area (Å²) in [6, 6.07) is 0.